The van der Waals surface area contributed by atoms with Crippen molar-refractivity contribution in [1.82, 2.24) is 4.72 Å². The average Bonchev–Trinajstić information content (AvgIpc) is 2.31. The highest BCUT2D eigenvalue weighted by atomic mass is 35.5. The Kier molecular flexibility index (Phi) is 4.74. The minimum atomic E-state index is -3.72. The van der Waals surface area contributed by atoms with Crippen molar-refractivity contribution in [2.24, 2.45) is 0 Å². The minimum Gasteiger partial charge on any atom is -0.391 e. The summed E-state index contributed by atoms with van der Waals surface area (Å²) in [5.41, 5.74) is 0. The number of sulfonamides is 1. The van der Waals surface area contributed by atoms with E-state index in [-0.39, 0.29) is 14.9 Å². The molecule has 1 saturated carbocycles. The second kappa shape index (κ2) is 5.97. The lowest BCUT2D eigenvalue weighted by Gasteiger charge is -2.28. The molecule has 1 aromatic rings. The molecule has 0 heterocycles. The Hall–Kier alpha value is -0.330. The molecule has 0 saturated heterocycles. The maximum absolute atomic E-state index is 12.2. The lowest BCUT2D eigenvalue weighted by molar-refractivity contribution is 0.101. The van der Waals surface area contributed by atoms with Crippen LogP contribution in [0.15, 0.2) is 23.1 Å². The third-order valence-electron chi connectivity index (χ3n) is 3.18. The topological polar surface area (TPSA) is 66.4 Å². The molecule has 0 radical (unpaired) electrons. The summed E-state index contributed by atoms with van der Waals surface area (Å²) >= 11 is 11.6. The average molecular weight is 324 g/mol. The van der Waals surface area contributed by atoms with Crippen LogP contribution < -0.4 is 4.72 Å². The first-order valence-corrected chi connectivity index (χ1v) is 8.29. The van der Waals surface area contributed by atoms with E-state index in [1.54, 1.807) is 0 Å². The zero-order valence-corrected chi connectivity index (χ0v) is 12.5. The van der Waals surface area contributed by atoms with Crippen molar-refractivity contribution >= 4 is 33.2 Å². The SMILES string of the molecule is O=S(=O)(NC1CCCCC1O)c1cc(Cl)cc(Cl)c1. The van der Waals surface area contributed by atoms with Gasteiger partial charge in [0.15, 0.2) is 0 Å². The van der Waals surface area contributed by atoms with Crippen molar-refractivity contribution in [3.05, 3.63) is 28.2 Å². The van der Waals surface area contributed by atoms with Gasteiger partial charge in [0.05, 0.1) is 11.0 Å². The van der Waals surface area contributed by atoms with Crippen molar-refractivity contribution in [2.75, 3.05) is 0 Å². The molecule has 19 heavy (non-hydrogen) atoms. The van der Waals surface area contributed by atoms with Gasteiger partial charge in [0.1, 0.15) is 0 Å². The lowest BCUT2D eigenvalue weighted by Crippen LogP contribution is -2.44. The van der Waals surface area contributed by atoms with Gasteiger partial charge in [-0.05, 0) is 31.0 Å². The Labute approximate surface area is 122 Å². The van der Waals surface area contributed by atoms with Gasteiger partial charge >= 0.3 is 0 Å². The van der Waals surface area contributed by atoms with Gasteiger partial charge in [0.2, 0.25) is 10.0 Å². The van der Waals surface area contributed by atoms with Crippen molar-refractivity contribution < 1.29 is 13.5 Å². The highest BCUT2D eigenvalue weighted by Gasteiger charge is 2.28. The first kappa shape index (κ1) is 15.1. The molecular weight excluding hydrogens is 309 g/mol. The van der Waals surface area contributed by atoms with Crippen molar-refractivity contribution in [3.63, 3.8) is 0 Å². The van der Waals surface area contributed by atoms with Crippen LogP contribution in [0.4, 0.5) is 0 Å². The van der Waals surface area contributed by atoms with Gasteiger partial charge in [-0.1, -0.05) is 36.0 Å². The van der Waals surface area contributed by atoms with Crippen LogP contribution in [-0.4, -0.2) is 25.7 Å². The van der Waals surface area contributed by atoms with Crippen molar-refractivity contribution in [2.45, 2.75) is 42.7 Å². The van der Waals surface area contributed by atoms with E-state index in [0.29, 0.717) is 12.8 Å². The summed E-state index contributed by atoms with van der Waals surface area (Å²) in [6.45, 7) is 0. The zero-order valence-electron chi connectivity index (χ0n) is 10.1. The van der Waals surface area contributed by atoms with E-state index >= 15 is 0 Å². The van der Waals surface area contributed by atoms with E-state index in [0.717, 1.165) is 12.8 Å². The number of hydrogen-bond donors (Lipinski definition) is 2. The molecule has 2 N–H and O–H groups in total. The van der Waals surface area contributed by atoms with E-state index in [4.69, 9.17) is 23.2 Å². The first-order chi connectivity index (χ1) is 8.88. The number of nitrogens with one attached hydrogen (secondary N) is 1. The van der Waals surface area contributed by atoms with E-state index in [2.05, 4.69) is 4.72 Å². The van der Waals surface area contributed by atoms with Crippen LogP contribution in [0.25, 0.3) is 0 Å². The summed E-state index contributed by atoms with van der Waals surface area (Å²) in [6, 6.07) is 3.70. The standard InChI is InChI=1S/C12H15Cl2NO3S/c13-8-5-9(14)7-10(6-8)19(17,18)15-11-3-1-2-4-12(11)16/h5-7,11-12,15-16H,1-4H2. The van der Waals surface area contributed by atoms with Crippen LogP contribution in [0.1, 0.15) is 25.7 Å². The van der Waals surface area contributed by atoms with Gasteiger partial charge < -0.3 is 5.11 Å². The molecule has 0 aromatic heterocycles. The number of rotatable bonds is 3. The van der Waals surface area contributed by atoms with Crippen LogP contribution in [0.2, 0.25) is 10.0 Å². The fraction of sp³-hybridized carbons (Fsp3) is 0.500. The van der Waals surface area contributed by atoms with Gasteiger partial charge in [-0.25, -0.2) is 13.1 Å². The predicted molar refractivity (Wildman–Crippen MR) is 75.0 cm³/mol. The van der Waals surface area contributed by atoms with Gasteiger partial charge in [0, 0.05) is 16.1 Å². The lowest BCUT2D eigenvalue weighted by atomic mass is 9.93. The Bertz CT molecular complexity index is 542. The summed E-state index contributed by atoms with van der Waals surface area (Å²) < 4.78 is 26.9. The smallest absolute Gasteiger partial charge is 0.241 e. The molecule has 1 fully saturated rings. The summed E-state index contributed by atoms with van der Waals surface area (Å²) in [7, 11) is -3.72. The summed E-state index contributed by atoms with van der Waals surface area (Å²) in [4.78, 5) is 0.0165. The number of hydrogen-bond acceptors (Lipinski definition) is 3. The van der Waals surface area contributed by atoms with E-state index < -0.39 is 22.2 Å². The molecular formula is C12H15Cl2NO3S. The summed E-state index contributed by atoms with van der Waals surface area (Å²) in [5, 5.41) is 10.3. The second-order valence-electron chi connectivity index (χ2n) is 4.68. The molecule has 2 unspecified atom stereocenters. The third kappa shape index (κ3) is 3.83. The Balaban J connectivity index is 2.22. The highest BCUT2D eigenvalue weighted by Crippen LogP contribution is 2.24. The Morgan fingerprint density at radius 2 is 1.68 bits per heavy atom. The zero-order chi connectivity index (χ0) is 14.0. The van der Waals surface area contributed by atoms with E-state index in [9.17, 15) is 13.5 Å². The first-order valence-electron chi connectivity index (χ1n) is 6.05. The normalized spacial score (nSPS) is 24.4. The molecule has 0 amide bonds. The third-order valence-corrected chi connectivity index (χ3v) is 5.09. The van der Waals surface area contributed by atoms with Crippen LogP contribution in [0.5, 0.6) is 0 Å². The van der Waals surface area contributed by atoms with Crippen LogP contribution in [-0.2, 0) is 10.0 Å². The van der Waals surface area contributed by atoms with Crippen molar-refractivity contribution in [1.29, 1.82) is 0 Å². The fourth-order valence-corrected chi connectivity index (χ4v) is 4.23. The molecule has 4 nitrogen and oxygen atoms in total. The van der Waals surface area contributed by atoms with Crippen molar-refractivity contribution in [3.8, 4) is 0 Å². The number of benzene rings is 1. The summed E-state index contributed by atoms with van der Waals surface area (Å²) in [6.07, 6.45) is 2.43. The van der Waals surface area contributed by atoms with Crippen LogP contribution in [0.3, 0.4) is 0 Å². The van der Waals surface area contributed by atoms with E-state index in [1.165, 1.54) is 18.2 Å². The monoisotopic (exact) mass is 323 g/mol. The Morgan fingerprint density at radius 3 is 2.26 bits per heavy atom. The fourth-order valence-electron chi connectivity index (χ4n) is 2.20. The predicted octanol–water partition coefficient (Wildman–Crippen LogP) is 2.58. The van der Waals surface area contributed by atoms with Gasteiger partial charge in [-0.3, -0.25) is 0 Å². The molecule has 2 atom stereocenters. The number of halogens is 2. The second-order valence-corrected chi connectivity index (χ2v) is 7.27. The largest absolute Gasteiger partial charge is 0.391 e. The highest BCUT2D eigenvalue weighted by molar-refractivity contribution is 7.89. The maximum atomic E-state index is 12.2. The number of aliphatic hydroxyl groups excluding tert-OH is 1. The Morgan fingerprint density at radius 1 is 1.11 bits per heavy atom. The molecule has 2 rings (SSSR count). The minimum absolute atomic E-state index is 0.0165. The quantitative estimate of drug-likeness (QED) is 0.898. The maximum Gasteiger partial charge on any atom is 0.241 e. The molecule has 106 valence electrons. The van der Waals surface area contributed by atoms with Crippen LogP contribution >= 0.6 is 23.2 Å². The van der Waals surface area contributed by atoms with E-state index in [1.807, 2.05) is 0 Å². The summed E-state index contributed by atoms with van der Waals surface area (Å²) in [5.74, 6) is 0. The van der Waals surface area contributed by atoms with Gasteiger partial charge in [-0.15, -0.1) is 0 Å². The number of aliphatic hydroxyl groups is 1. The molecule has 0 aliphatic heterocycles. The molecule has 0 bridgehead atoms. The van der Waals surface area contributed by atoms with Gasteiger partial charge in [0.25, 0.3) is 0 Å². The molecule has 1 aliphatic rings. The van der Waals surface area contributed by atoms with Crippen LogP contribution in [0, 0.1) is 0 Å². The molecule has 0 spiro atoms. The van der Waals surface area contributed by atoms with Gasteiger partial charge in [-0.2, -0.15) is 0 Å². The molecule has 7 heteroatoms. The molecule has 1 aliphatic carbocycles. The molecule has 1 aromatic carbocycles.